The van der Waals surface area contributed by atoms with Crippen LogP contribution in [-0.2, 0) is 4.79 Å². The van der Waals surface area contributed by atoms with Crippen molar-refractivity contribution >= 4 is 5.78 Å². The van der Waals surface area contributed by atoms with Gasteiger partial charge in [0.2, 0.25) is 5.78 Å². The van der Waals surface area contributed by atoms with Gasteiger partial charge in [-0.2, -0.15) is 0 Å². The molecule has 0 heterocycles. The zero-order valence-electron chi connectivity index (χ0n) is 6.97. The SMILES string of the molecule is C#CC(=O)CCC(C)CCN. The topological polar surface area (TPSA) is 43.1 Å². The number of terminal acetylenes is 1. The number of nitrogens with two attached hydrogens (primary N) is 1. The second-order valence-electron chi connectivity index (χ2n) is 2.79. The molecule has 11 heavy (non-hydrogen) atoms. The molecule has 0 aliphatic rings. The summed E-state index contributed by atoms with van der Waals surface area (Å²) in [5.41, 5.74) is 5.34. The molecular weight excluding hydrogens is 138 g/mol. The molecule has 0 radical (unpaired) electrons. The van der Waals surface area contributed by atoms with E-state index in [4.69, 9.17) is 12.2 Å². The largest absolute Gasteiger partial charge is 0.330 e. The highest BCUT2D eigenvalue weighted by Gasteiger charge is 2.03. The van der Waals surface area contributed by atoms with Gasteiger partial charge in [-0.25, -0.2) is 0 Å². The number of hydrogen-bond acceptors (Lipinski definition) is 2. The minimum Gasteiger partial charge on any atom is -0.330 e. The van der Waals surface area contributed by atoms with E-state index in [1.165, 1.54) is 0 Å². The van der Waals surface area contributed by atoms with Crippen LogP contribution in [0, 0.1) is 18.3 Å². The van der Waals surface area contributed by atoms with E-state index < -0.39 is 0 Å². The van der Waals surface area contributed by atoms with Gasteiger partial charge in [0.1, 0.15) is 0 Å². The summed E-state index contributed by atoms with van der Waals surface area (Å²) < 4.78 is 0. The first kappa shape index (κ1) is 10.2. The number of Topliss-reactive ketones (excluding diaryl/α,β-unsaturated/α-hetero) is 1. The lowest BCUT2D eigenvalue weighted by molar-refractivity contribution is -0.114. The Labute approximate surface area is 68.2 Å². The van der Waals surface area contributed by atoms with Crippen LogP contribution in [0.5, 0.6) is 0 Å². The maximum atomic E-state index is 10.7. The van der Waals surface area contributed by atoms with Crippen molar-refractivity contribution < 1.29 is 4.79 Å². The zero-order chi connectivity index (χ0) is 8.69. The van der Waals surface area contributed by atoms with Gasteiger partial charge in [-0.3, -0.25) is 4.79 Å². The highest BCUT2D eigenvalue weighted by atomic mass is 16.1. The summed E-state index contributed by atoms with van der Waals surface area (Å²) in [6.45, 7) is 2.77. The maximum Gasteiger partial charge on any atom is 0.205 e. The lowest BCUT2D eigenvalue weighted by Gasteiger charge is -2.06. The van der Waals surface area contributed by atoms with Crippen LogP contribution >= 0.6 is 0 Å². The van der Waals surface area contributed by atoms with E-state index in [1.807, 2.05) is 0 Å². The third-order valence-electron chi connectivity index (χ3n) is 1.68. The Morgan fingerprint density at radius 2 is 2.27 bits per heavy atom. The smallest absolute Gasteiger partial charge is 0.205 e. The average Bonchev–Trinajstić information content (AvgIpc) is 2.01. The third kappa shape index (κ3) is 5.63. The van der Waals surface area contributed by atoms with Gasteiger partial charge >= 0.3 is 0 Å². The van der Waals surface area contributed by atoms with E-state index >= 15 is 0 Å². The zero-order valence-corrected chi connectivity index (χ0v) is 6.97. The van der Waals surface area contributed by atoms with Gasteiger partial charge in [-0.15, -0.1) is 6.42 Å². The molecule has 0 aromatic heterocycles. The Kier molecular flexibility index (Phi) is 5.50. The Morgan fingerprint density at radius 3 is 2.73 bits per heavy atom. The average molecular weight is 153 g/mol. The van der Waals surface area contributed by atoms with Crippen molar-refractivity contribution in [1.29, 1.82) is 0 Å². The molecule has 0 saturated carbocycles. The standard InChI is InChI=1S/C9H15NO/c1-3-9(11)5-4-8(2)6-7-10/h1,8H,4-7,10H2,2H3. The molecule has 0 fully saturated rings. The molecule has 1 atom stereocenters. The fourth-order valence-electron chi connectivity index (χ4n) is 0.879. The number of ketones is 1. The summed E-state index contributed by atoms with van der Waals surface area (Å²) in [7, 11) is 0. The van der Waals surface area contributed by atoms with Crippen LogP contribution in [0.2, 0.25) is 0 Å². The summed E-state index contributed by atoms with van der Waals surface area (Å²) in [6.07, 6.45) is 7.24. The van der Waals surface area contributed by atoms with Crippen LogP contribution in [0.25, 0.3) is 0 Å². The molecule has 62 valence electrons. The fourth-order valence-corrected chi connectivity index (χ4v) is 0.879. The second-order valence-corrected chi connectivity index (χ2v) is 2.79. The monoisotopic (exact) mass is 153 g/mol. The minimum absolute atomic E-state index is 0.103. The van der Waals surface area contributed by atoms with Crippen LogP contribution in [0.15, 0.2) is 0 Å². The van der Waals surface area contributed by atoms with Gasteiger partial charge in [0.05, 0.1) is 0 Å². The maximum absolute atomic E-state index is 10.7. The van der Waals surface area contributed by atoms with E-state index in [1.54, 1.807) is 0 Å². The molecule has 0 aromatic carbocycles. The first-order valence-corrected chi connectivity index (χ1v) is 3.90. The predicted octanol–water partition coefficient (Wildman–Crippen LogP) is 0.954. The van der Waals surface area contributed by atoms with Crippen molar-refractivity contribution in [3.05, 3.63) is 0 Å². The van der Waals surface area contributed by atoms with Gasteiger partial charge in [0.25, 0.3) is 0 Å². The van der Waals surface area contributed by atoms with Crippen molar-refractivity contribution in [3.63, 3.8) is 0 Å². The number of hydrogen-bond donors (Lipinski definition) is 1. The molecule has 0 spiro atoms. The highest BCUT2D eigenvalue weighted by molar-refractivity contribution is 5.94. The van der Waals surface area contributed by atoms with Gasteiger partial charge in [-0.1, -0.05) is 6.92 Å². The minimum atomic E-state index is -0.103. The molecule has 0 rings (SSSR count). The molecule has 1 unspecified atom stereocenters. The lowest BCUT2D eigenvalue weighted by atomic mass is 10.0. The molecule has 0 amide bonds. The summed E-state index contributed by atoms with van der Waals surface area (Å²) in [5.74, 6) is 2.50. The van der Waals surface area contributed by atoms with E-state index in [9.17, 15) is 4.79 Å². The van der Waals surface area contributed by atoms with E-state index in [0.29, 0.717) is 18.9 Å². The van der Waals surface area contributed by atoms with E-state index in [0.717, 1.165) is 12.8 Å². The molecule has 2 nitrogen and oxygen atoms in total. The summed E-state index contributed by atoms with van der Waals surface area (Å²) in [6, 6.07) is 0. The molecular formula is C9H15NO. The van der Waals surface area contributed by atoms with Crippen molar-refractivity contribution in [2.24, 2.45) is 11.7 Å². The van der Waals surface area contributed by atoms with Gasteiger partial charge < -0.3 is 5.73 Å². The molecule has 0 aromatic rings. The van der Waals surface area contributed by atoms with Crippen LogP contribution in [-0.4, -0.2) is 12.3 Å². The quantitative estimate of drug-likeness (QED) is 0.472. The van der Waals surface area contributed by atoms with Crippen molar-refractivity contribution in [3.8, 4) is 12.3 Å². The molecule has 0 aliphatic heterocycles. The molecule has 2 heteroatoms. The lowest BCUT2D eigenvalue weighted by Crippen LogP contribution is -2.07. The van der Waals surface area contributed by atoms with Crippen molar-refractivity contribution in [2.45, 2.75) is 26.2 Å². The van der Waals surface area contributed by atoms with Gasteiger partial charge in [-0.05, 0) is 31.2 Å². The first-order chi connectivity index (χ1) is 5.20. The van der Waals surface area contributed by atoms with Crippen molar-refractivity contribution in [2.75, 3.05) is 6.54 Å². The normalized spacial score (nSPS) is 12.1. The fraction of sp³-hybridized carbons (Fsp3) is 0.667. The number of carbonyl (C=O) groups excluding carboxylic acids is 1. The van der Waals surface area contributed by atoms with E-state index in [-0.39, 0.29) is 5.78 Å². The summed E-state index contributed by atoms with van der Waals surface area (Å²) in [4.78, 5) is 10.7. The highest BCUT2D eigenvalue weighted by Crippen LogP contribution is 2.08. The Balaban J connectivity index is 3.39. The van der Waals surface area contributed by atoms with Crippen molar-refractivity contribution in [1.82, 2.24) is 0 Å². The van der Waals surface area contributed by atoms with Crippen LogP contribution < -0.4 is 5.73 Å². The summed E-state index contributed by atoms with van der Waals surface area (Å²) >= 11 is 0. The predicted molar refractivity (Wildman–Crippen MR) is 45.9 cm³/mol. The Hall–Kier alpha value is -0.810. The Bertz CT molecular complexity index is 157. The third-order valence-corrected chi connectivity index (χ3v) is 1.68. The molecule has 0 saturated heterocycles. The number of carbonyl (C=O) groups is 1. The van der Waals surface area contributed by atoms with Crippen LogP contribution in [0.3, 0.4) is 0 Å². The molecule has 0 bridgehead atoms. The Morgan fingerprint density at radius 1 is 1.64 bits per heavy atom. The van der Waals surface area contributed by atoms with Crippen LogP contribution in [0.1, 0.15) is 26.2 Å². The van der Waals surface area contributed by atoms with Crippen LogP contribution in [0.4, 0.5) is 0 Å². The van der Waals surface area contributed by atoms with Gasteiger partial charge in [0, 0.05) is 6.42 Å². The second kappa shape index (κ2) is 5.94. The van der Waals surface area contributed by atoms with Gasteiger partial charge in [0.15, 0.2) is 0 Å². The summed E-state index contributed by atoms with van der Waals surface area (Å²) in [5, 5.41) is 0. The molecule has 2 N–H and O–H groups in total. The van der Waals surface area contributed by atoms with E-state index in [2.05, 4.69) is 12.8 Å². The molecule has 0 aliphatic carbocycles. The first-order valence-electron chi connectivity index (χ1n) is 3.90. The number of rotatable bonds is 5.